The van der Waals surface area contributed by atoms with Gasteiger partial charge in [0.1, 0.15) is 11.5 Å². The lowest BCUT2D eigenvalue weighted by molar-refractivity contribution is 0.307. The minimum Gasteiger partial charge on any atom is -0.497 e. The molecule has 0 aliphatic heterocycles. The summed E-state index contributed by atoms with van der Waals surface area (Å²) in [6, 6.07) is 13.9. The van der Waals surface area contributed by atoms with Gasteiger partial charge in [-0.2, -0.15) is 0 Å². The summed E-state index contributed by atoms with van der Waals surface area (Å²) in [6.45, 7) is 4.62. The van der Waals surface area contributed by atoms with Gasteiger partial charge in [-0.05, 0) is 61.9 Å². The number of nitrogens with one attached hydrogen (secondary N) is 1. The number of allylic oxidation sites excluding steroid dienone is 1. The number of aryl methyl sites for hydroxylation is 1. The summed E-state index contributed by atoms with van der Waals surface area (Å²) >= 11 is 6.03. The van der Waals surface area contributed by atoms with Gasteiger partial charge in [0.25, 0.3) is 0 Å². The van der Waals surface area contributed by atoms with Gasteiger partial charge in [-0.3, -0.25) is 0 Å². The maximum absolute atomic E-state index is 6.03. The molecule has 0 bridgehead atoms. The maximum atomic E-state index is 6.03. The zero-order chi connectivity index (χ0) is 17.4. The van der Waals surface area contributed by atoms with Gasteiger partial charge in [0.05, 0.1) is 13.7 Å². The molecule has 2 aromatic carbocycles. The highest BCUT2D eigenvalue weighted by atomic mass is 35.5. The summed E-state index contributed by atoms with van der Waals surface area (Å²) in [5.74, 6) is 1.70. The lowest BCUT2D eigenvalue weighted by atomic mass is 10.1. The highest BCUT2D eigenvalue weighted by molar-refractivity contribution is 6.31. The second-order valence-corrected chi connectivity index (χ2v) is 5.96. The Labute approximate surface area is 149 Å². The topological polar surface area (TPSA) is 30.5 Å². The standard InChI is InChI=1S/C20H24ClNO2/c1-4-5-16(22-17-6-8-18(23-3)9-7-17)12-13-24-19-10-11-20(21)15(2)14-19/h4-11,14,16,22H,12-13H2,1-3H3/b5-4+. The summed E-state index contributed by atoms with van der Waals surface area (Å²) in [6.07, 6.45) is 5.05. The molecule has 128 valence electrons. The lowest BCUT2D eigenvalue weighted by Crippen LogP contribution is -2.19. The smallest absolute Gasteiger partial charge is 0.119 e. The van der Waals surface area contributed by atoms with Crippen LogP contribution in [0.15, 0.2) is 54.6 Å². The molecular weight excluding hydrogens is 322 g/mol. The molecule has 1 N–H and O–H groups in total. The number of rotatable bonds is 8. The molecule has 0 heterocycles. The van der Waals surface area contributed by atoms with Crippen LogP contribution in [-0.4, -0.2) is 19.8 Å². The van der Waals surface area contributed by atoms with Crippen molar-refractivity contribution in [3.8, 4) is 11.5 Å². The first-order valence-corrected chi connectivity index (χ1v) is 8.42. The average molecular weight is 346 g/mol. The lowest BCUT2D eigenvalue weighted by Gasteiger charge is -2.17. The fourth-order valence-corrected chi connectivity index (χ4v) is 2.48. The molecule has 2 aromatic rings. The Morgan fingerprint density at radius 1 is 1.12 bits per heavy atom. The van der Waals surface area contributed by atoms with E-state index < -0.39 is 0 Å². The molecule has 4 heteroatoms. The normalized spacial score (nSPS) is 12.2. The largest absolute Gasteiger partial charge is 0.497 e. The number of halogens is 1. The summed E-state index contributed by atoms with van der Waals surface area (Å²) in [5, 5.41) is 4.25. The second kappa shape index (κ2) is 9.24. The summed E-state index contributed by atoms with van der Waals surface area (Å²) in [4.78, 5) is 0. The van der Waals surface area contributed by atoms with Gasteiger partial charge in [0.2, 0.25) is 0 Å². The van der Waals surface area contributed by atoms with Crippen molar-refractivity contribution >= 4 is 17.3 Å². The van der Waals surface area contributed by atoms with Crippen LogP contribution in [0.2, 0.25) is 5.02 Å². The number of methoxy groups -OCH3 is 1. The van der Waals surface area contributed by atoms with Crippen molar-refractivity contribution in [2.45, 2.75) is 26.3 Å². The first kappa shape index (κ1) is 18.2. The van der Waals surface area contributed by atoms with Crippen LogP contribution in [0.5, 0.6) is 11.5 Å². The number of benzene rings is 2. The van der Waals surface area contributed by atoms with E-state index >= 15 is 0 Å². The van der Waals surface area contributed by atoms with Gasteiger partial charge in [-0.25, -0.2) is 0 Å². The highest BCUT2D eigenvalue weighted by Crippen LogP contribution is 2.21. The van der Waals surface area contributed by atoms with Crippen LogP contribution in [0.4, 0.5) is 5.69 Å². The summed E-state index contributed by atoms with van der Waals surface area (Å²) in [7, 11) is 1.67. The fourth-order valence-electron chi connectivity index (χ4n) is 2.36. The quantitative estimate of drug-likeness (QED) is 0.642. The number of ether oxygens (including phenoxy) is 2. The van der Waals surface area contributed by atoms with E-state index in [1.165, 1.54) is 0 Å². The molecular formula is C20H24ClNO2. The van der Waals surface area contributed by atoms with Crippen LogP contribution >= 0.6 is 11.6 Å². The summed E-state index contributed by atoms with van der Waals surface area (Å²) < 4.78 is 11.0. The van der Waals surface area contributed by atoms with Crippen LogP contribution in [0.1, 0.15) is 18.9 Å². The van der Waals surface area contributed by atoms with Crippen molar-refractivity contribution in [2.24, 2.45) is 0 Å². The van der Waals surface area contributed by atoms with Gasteiger partial charge in [0.15, 0.2) is 0 Å². The monoisotopic (exact) mass is 345 g/mol. The molecule has 0 radical (unpaired) electrons. The van der Waals surface area contributed by atoms with Crippen LogP contribution in [0.3, 0.4) is 0 Å². The van der Waals surface area contributed by atoms with Crippen LogP contribution < -0.4 is 14.8 Å². The van der Waals surface area contributed by atoms with Gasteiger partial charge >= 0.3 is 0 Å². The molecule has 0 aliphatic rings. The molecule has 0 spiro atoms. The third kappa shape index (κ3) is 5.50. The van der Waals surface area contributed by atoms with E-state index in [0.717, 1.165) is 34.2 Å². The van der Waals surface area contributed by atoms with Crippen molar-refractivity contribution in [1.29, 1.82) is 0 Å². The number of hydrogen-bond donors (Lipinski definition) is 1. The molecule has 1 atom stereocenters. The molecule has 1 unspecified atom stereocenters. The molecule has 2 rings (SSSR count). The summed E-state index contributed by atoms with van der Waals surface area (Å²) in [5.41, 5.74) is 2.08. The fraction of sp³-hybridized carbons (Fsp3) is 0.300. The average Bonchev–Trinajstić information content (AvgIpc) is 2.59. The molecule has 0 aliphatic carbocycles. The van der Waals surface area contributed by atoms with Crippen molar-refractivity contribution in [3.05, 3.63) is 65.2 Å². The van der Waals surface area contributed by atoms with Crippen LogP contribution in [0.25, 0.3) is 0 Å². The second-order valence-electron chi connectivity index (χ2n) is 5.55. The van der Waals surface area contributed by atoms with Gasteiger partial charge in [-0.15, -0.1) is 0 Å². The Hall–Kier alpha value is -2.13. The zero-order valence-corrected chi connectivity index (χ0v) is 15.1. The molecule has 0 amide bonds. The Kier molecular flexibility index (Phi) is 7.01. The molecule has 0 saturated heterocycles. The number of hydrogen-bond acceptors (Lipinski definition) is 3. The van der Waals surface area contributed by atoms with Crippen LogP contribution in [-0.2, 0) is 0 Å². The maximum Gasteiger partial charge on any atom is 0.119 e. The van der Waals surface area contributed by atoms with Gasteiger partial charge in [-0.1, -0.05) is 23.8 Å². The SMILES string of the molecule is C/C=C/C(CCOc1ccc(Cl)c(C)c1)Nc1ccc(OC)cc1. The first-order valence-electron chi connectivity index (χ1n) is 8.04. The van der Waals surface area contributed by atoms with E-state index in [0.29, 0.717) is 6.61 Å². The molecule has 3 nitrogen and oxygen atoms in total. The minimum absolute atomic E-state index is 0.205. The highest BCUT2D eigenvalue weighted by Gasteiger charge is 2.06. The van der Waals surface area contributed by atoms with E-state index in [1.54, 1.807) is 7.11 Å². The number of anilines is 1. The zero-order valence-electron chi connectivity index (χ0n) is 14.4. The minimum atomic E-state index is 0.205. The molecule has 0 saturated carbocycles. The third-order valence-electron chi connectivity index (χ3n) is 3.69. The first-order chi connectivity index (χ1) is 11.6. The van der Waals surface area contributed by atoms with Crippen LogP contribution in [0, 0.1) is 6.92 Å². The molecule has 0 fully saturated rings. The van der Waals surface area contributed by atoms with E-state index in [4.69, 9.17) is 21.1 Å². The predicted molar refractivity (Wildman–Crippen MR) is 102 cm³/mol. The van der Waals surface area contributed by atoms with Gasteiger partial charge < -0.3 is 14.8 Å². The van der Waals surface area contributed by atoms with E-state index in [9.17, 15) is 0 Å². The Morgan fingerprint density at radius 3 is 2.46 bits per heavy atom. The Balaban J connectivity index is 1.89. The van der Waals surface area contributed by atoms with E-state index in [-0.39, 0.29) is 6.04 Å². The van der Waals surface area contributed by atoms with Crippen molar-refractivity contribution in [3.63, 3.8) is 0 Å². The predicted octanol–water partition coefficient (Wildman–Crippen LogP) is 5.48. The van der Waals surface area contributed by atoms with Crippen molar-refractivity contribution in [2.75, 3.05) is 19.0 Å². The van der Waals surface area contributed by atoms with Gasteiger partial charge in [0, 0.05) is 23.2 Å². The molecule has 0 aromatic heterocycles. The van der Waals surface area contributed by atoms with Crippen molar-refractivity contribution < 1.29 is 9.47 Å². The van der Waals surface area contributed by atoms with Crippen molar-refractivity contribution in [1.82, 2.24) is 0 Å². The Morgan fingerprint density at radius 2 is 1.83 bits per heavy atom. The van der Waals surface area contributed by atoms with E-state index in [1.807, 2.05) is 62.4 Å². The molecule has 24 heavy (non-hydrogen) atoms. The van der Waals surface area contributed by atoms with E-state index in [2.05, 4.69) is 11.4 Å². The third-order valence-corrected chi connectivity index (χ3v) is 4.12. The Bertz CT molecular complexity index is 668.